The minimum absolute atomic E-state index is 0.162. The number of rotatable bonds is 6. The molecule has 0 fully saturated rings. The van der Waals surface area contributed by atoms with Crippen LogP contribution in [0, 0.1) is 0 Å². The minimum atomic E-state index is -0.800. The monoisotopic (exact) mass is 193 g/mol. The van der Waals surface area contributed by atoms with Crippen molar-refractivity contribution in [1.82, 2.24) is 0 Å². The third kappa shape index (κ3) is 4.21. The van der Waals surface area contributed by atoms with Crippen molar-refractivity contribution in [3.63, 3.8) is 0 Å². The lowest BCUT2D eigenvalue weighted by Crippen LogP contribution is -2.13. The van der Waals surface area contributed by atoms with Crippen LogP contribution in [0.1, 0.15) is 13.3 Å². The van der Waals surface area contributed by atoms with E-state index in [9.17, 15) is 5.11 Å². The molecule has 0 unspecified atom stereocenters. The average molecular weight is 193 g/mol. The van der Waals surface area contributed by atoms with Crippen molar-refractivity contribution in [3.05, 3.63) is 48.6 Å². The Labute approximate surface area is 86.2 Å². The third-order valence-corrected chi connectivity index (χ3v) is 1.76. The second-order valence-corrected chi connectivity index (χ2v) is 3.00. The molecule has 2 heteroatoms. The van der Waals surface area contributed by atoms with E-state index < -0.39 is 12.5 Å². The first kappa shape index (κ1) is 9.44. The summed E-state index contributed by atoms with van der Waals surface area (Å²) < 4.78 is 12.6. The first-order valence-electron chi connectivity index (χ1n) is 5.16. The molecule has 0 radical (unpaired) electrons. The summed E-state index contributed by atoms with van der Waals surface area (Å²) in [5, 5.41) is 9.41. The third-order valence-electron chi connectivity index (χ3n) is 1.76. The van der Waals surface area contributed by atoms with Gasteiger partial charge in [-0.05, 0) is 12.0 Å². The molecular weight excluding hydrogens is 176 g/mol. The van der Waals surface area contributed by atoms with E-state index >= 15 is 0 Å². The van der Waals surface area contributed by atoms with Crippen LogP contribution in [0.5, 0.6) is 0 Å². The molecule has 0 amide bonds. The van der Waals surface area contributed by atoms with Crippen LogP contribution in [0.3, 0.4) is 0 Å². The number of benzene rings is 1. The molecule has 14 heavy (non-hydrogen) atoms. The summed E-state index contributed by atoms with van der Waals surface area (Å²) >= 11 is 0. The number of aliphatic hydroxyl groups excluding tert-OH is 1. The van der Waals surface area contributed by atoms with E-state index in [-0.39, 0.29) is 6.61 Å². The van der Waals surface area contributed by atoms with Gasteiger partial charge in [-0.15, -0.1) is 6.58 Å². The molecule has 1 N–H and O–H groups in total. The number of aliphatic hydroxyl groups is 1. The van der Waals surface area contributed by atoms with E-state index in [0.29, 0.717) is 6.61 Å². The smallest absolute Gasteiger partial charge is 0.0808 e. The summed E-state index contributed by atoms with van der Waals surface area (Å²) in [5.74, 6) is 0. The fourth-order valence-electron chi connectivity index (χ4n) is 1.08. The summed E-state index contributed by atoms with van der Waals surface area (Å²) in [6.07, 6.45) is -0.0803. The van der Waals surface area contributed by atoms with Crippen LogP contribution >= 0.6 is 0 Å². The Balaban J connectivity index is 2.25. The highest BCUT2D eigenvalue weighted by Crippen LogP contribution is 2.01. The number of ether oxygens (including phenoxy) is 1. The molecule has 0 heterocycles. The minimum Gasteiger partial charge on any atom is -0.390 e. The van der Waals surface area contributed by atoms with Crippen LogP contribution in [-0.2, 0) is 11.3 Å². The van der Waals surface area contributed by atoms with Gasteiger partial charge in [0, 0.05) is 1.37 Å². The Morgan fingerprint density at radius 3 is 2.86 bits per heavy atom. The summed E-state index contributed by atoms with van der Waals surface area (Å²) in [6.45, 7) is 4.07. The number of hydrogen-bond donors (Lipinski definition) is 1. The van der Waals surface area contributed by atoms with Gasteiger partial charge in [0.25, 0.3) is 0 Å². The fourth-order valence-corrected chi connectivity index (χ4v) is 1.08. The predicted octanol–water partition coefficient (Wildman–Crippen LogP) is 2.14. The Morgan fingerprint density at radius 2 is 2.21 bits per heavy atom. The normalized spacial score (nSPS) is 15.6. The predicted molar refractivity (Wildman–Crippen MR) is 56.9 cm³/mol. The zero-order chi connectivity index (χ0) is 11.1. The molecular formula is C12H16O2. The van der Waals surface area contributed by atoms with Crippen LogP contribution < -0.4 is 0 Å². The second kappa shape index (κ2) is 6.35. The second-order valence-electron chi connectivity index (χ2n) is 3.00. The molecule has 0 aromatic heterocycles. The highest BCUT2D eigenvalue weighted by molar-refractivity contribution is 5.13. The Morgan fingerprint density at radius 1 is 1.50 bits per heavy atom. The molecule has 0 aliphatic heterocycles. The average Bonchev–Trinajstić information content (AvgIpc) is 2.29. The molecule has 2 nitrogen and oxygen atoms in total. The maximum absolute atomic E-state index is 9.41. The SMILES string of the molecule is [2H][C@@H](C=C)[C@H](O)COCc1ccccc1. The Hall–Kier alpha value is -1.12. The van der Waals surface area contributed by atoms with Crippen molar-refractivity contribution in [3.8, 4) is 0 Å². The lowest BCUT2D eigenvalue weighted by molar-refractivity contribution is 0.0301. The fraction of sp³-hybridized carbons (Fsp3) is 0.333. The molecule has 0 spiro atoms. The summed E-state index contributed by atoms with van der Waals surface area (Å²) in [7, 11) is 0. The summed E-state index contributed by atoms with van der Waals surface area (Å²) in [4.78, 5) is 0. The van der Waals surface area contributed by atoms with Crippen LogP contribution in [-0.4, -0.2) is 17.8 Å². The maximum atomic E-state index is 9.41. The molecule has 0 aliphatic carbocycles. The van der Waals surface area contributed by atoms with E-state index in [0.717, 1.165) is 5.56 Å². The van der Waals surface area contributed by atoms with Crippen LogP contribution in [0.25, 0.3) is 0 Å². The van der Waals surface area contributed by atoms with Crippen molar-refractivity contribution in [2.24, 2.45) is 0 Å². The van der Waals surface area contributed by atoms with Gasteiger partial charge in [-0.25, -0.2) is 0 Å². The van der Waals surface area contributed by atoms with Crippen molar-refractivity contribution in [2.75, 3.05) is 6.61 Å². The quantitative estimate of drug-likeness (QED) is 0.701. The standard InChI is InChI=1S/C12H16O2/c1-2-6-12(13)10-14-9-11-7-4-3-5-8-11/h2-5,7-8,12-13H,1,6,9-10H2/t12-/m0/s1/i6D/t6-,12-. The van der Waals surface area contributed by atoms with E-state index in [1.54, 1.807) is 0 Å². The summed E-state index contributed by atoms with van der Waals surface area (Å²) in [5.41, 5.74) is 1.06. The molecule has 0 bridgehead atoms. The van der Waals surface area contributed by atoms with Crippen molar-refractivity contribution >= 4 is 0 Å². The van der Waals surface area contributed by atoms with Gasteiger partial charge in [0.15, 0.2) is 0 Å². The van der Waals surface area contributed by atoms with Crippen LogP contribution in [0.15, 0.2) is 43.0 Å². The van der Waals surface area contributed by atoms with Gasteiger partial charge in [-0.2, -0.15) is 0 Å². The van der Waals surface area contributed by atoms with Crippen molar-refractivity contribution in [2.45, 2.75) is 19.1 Å². The largest absolute Gasteiger partial charge is 0.390 e. The van der Waals surface area contributed by atoms with Gasteiger partial charge < -0.3 is 9.84 Å². The first-order valence-corrected chi connectivity index (χ1v) is 4.58. The van der Waals surface area contributed by atoms with Gasteiger partial charge in [-0.1, -0.05) is 36.4 Å². The van der Waals surface area contributed by atoms with E-state index in [4.69, 9.17) is 6.11 Å². The molecule has 1 aromatic rings. The van der Waals surface area contributed by atoms with Gasteiger partial charge in [0.05, 0.1) is 19.3 Å². The van der Waals surface area contributed by atoms with Gasteiger partial charge in [0.2, 0.25) is 0 Å². The van der Waals surface area contributed by atoms with Gasteiger partial charge >= 0.3 is 0 Å². The highest BCUT2D eigenvalue weighted by Gasteiger charge is 2.00. The molecule has 0 saturated carbocycles. The van der Waals surface area contributed by atoms with Crippen molar-refractivity contribution in [1.29, 1.82) is 0 Å². The Kier molecular flexibility index (Phi) is 4.28. The van der Waals surface area contributed by atoms with Crippen LogP contribution in [0.2, 0.25) is 0 Å². The topological polar surface area (TPSA) is 29.5 Å². The Bertz CT molecular complexity index is 287. The van der Waals surface area contributed by atoms with E-state index in [2.05, 4.69) is 6.58 Å². The lowest BCUT2D eigenvalue weighted by atomic mass is 10.2. The maximum Gasteiger partial charge on any atom is 0.0808 e. The van der Waals surface area contributed by atoms with Gasteiger partial charge in [0.1, 0.15) is 0 Å². The molecule has 2 atom stereocenters. The van der Waals surface area contributed by atoms with Gasteiger partial charge in [-0.3, -0.25) is 0 Å². The first-order chi connectivity index (χ1) is 7.24. The summed E-state index contributed by atoms with van der Waals surface area (Å²) in [6, 6.07) is 9.73. The zero-order valence-corrected chi connectivity index (χ0v) is 8.10. The molecule has 0 aliphatic rings. The molecule has 0 saturated heterocycles. The number of hydrogen-bond acceptors (Lipinski definition) is 2. The van der Waals surface area contributed by atoms with E-state index in [1.807, 2.05) is 30.3 Å². The zero-order valence-electron chi connectivity index (χ0n) is 9.10. The lowest BCUT2D eigenvalue weighted by Gasteiger charge is -2.08. The van der Waals surface area contributed by atoms with Crippen molar-refractivity contribution < 1.29 is 11.2 Å². The molecule has 1 aromatic carbocycles. The van der Waals surface area contributed by atoms with E-state index in [1.165, 1.54) is 6.08 Å². The van der Waals surface area contributed by atoms with Crippen LogP contribution in [0.4, 0.5) is 0 Å². The molecule has 1 rings (SSSR count). The molecule has 76 valence electrons. The highest BCUT2D eigenvalue weighted by atomic mass is 16.5.